The average molecular weight is 409 g/mol. The number of carbonyl (C=O) groups is 2. The number of esters is 1. The molecule has 6 nitrogen and oxygen atoms in total. The first-order chi connectivity index (χ1) is 13.3. The van der Waals surface area contributed by atoms with Gasteiger partial charge < -0.3 is 14.8 Å². The Morgan fingerprint density at radius 2 is 1.96 bits per heavy atom. The van der Waals surface area contributed by atoms with Crippen LogP contribution in [0.25, 0.3) is 0 Å². The smallest absolute Gasteiger partial charge is 0.341 e. The molecule has 7 heteroatoms. The Hall–Kier alpha value is -1.44. The van der Waals surface area contributed by atoms with Gasteiger partial charge in [-0.1, -0.05) is 6.92 Å². The van der Waals surface area contributed by atoms with Crippen LogP contribution in [0, 0.1) is 5.92 Å². The van der Waals surface area contributed by atoms with Crippen LogP contribution in [0.15, 0.2) is 0 Å². The maximum absolute atomic E-state index is 13.0. The lowest BCUT2D eigenvalue weighted by Crippen LogP contribution is -2.52. The van der Waals surface area contributed by atoms with Crippen molar-refractivity contribution in [1.29, 1.82) is 0 Å². The standard InChI is InChI=1S/C21H32N2O4S/c1-6-26-21(25)18-16-8-7-12(2)9-17(16)28-20(18)22-19(24)15(5)23-10-13(3)27-14(4)11-23/h12-15H,6-11H2,1-5H3,(H,22,24)/t12-,13-,14-,15+/m1/s1. The highest BCUT2D eigenvalue weighted by Gasteiger charge is 2.32. The van der Waals surface area contributed by atoms with E-state index in [0.29, 0.717) is 23.1 Å². The molecule has 1 fully saturated rings. The van der Waals surface area contributed by atoms with E-state index in [0.717, 1.165) is 37.9 Å². The van der Waals surface area contributed by atoms with Gasteiger partial charge in [-0.15, -0.1) is 11.3 Å². The van der Waals surface area contributed by atoms with Gasteiger partial charge in [0, 0.05) is 18.0 Å². The molecule has 4 atom stereocenters. The fourth-order valence-electron chi connectivity index (χ4n) is 4.17. The fourth-order valence-corrected chi connectivity index (χ4v) is 5.58. The van der Waals surface area contributed by atoms with E-state index in [2.05, 4.69) is 17.1 Å². The molecule has 1 amide bonds. The van der Waals surface area contributed by atoms with Crippen LogP contribution >= 0.6 is 11.3 Å². The zero-order valence-electron chi connectivity index (χ0n) is 17.5. The summed E-state index contributed by atoms with van der Waals surface area (Å²) in [7, 11) is 0. The van der Waals surface area contributed by atoms with E-state index in [-0.39, 0.29) is 30.1 Å². The quantitative estimate of drug-likeness (QED) is 0.756. The fraction of sp³-hybridized carbons (Fsp3) is 0.714. The highest BCUT2D eigenvalue weighted by molar-refractivity contribution is 7.17. The van der Waals surface area contributed by atoms with Crippen molar-refractivity contribution < 1.29 is 19.1 Å². The number of hydrogen-bond donors (Lipinski definition) is 1. The SMILES string of the molecule is CCOC(=O)c1c(NC(=O)[C@H](C)N2C[C@@H](C)O[C@H](C)C2)sc2c1CC[C@@H](C)C2. The molecule has 0 radical (unpaired) electrons. The van der Waals surface area contributed by atoms with Gasteiger partial charge in [-0.05, 0) is 58.4 Å². The van der Waals surface area contributed by atoms with Crippen molar-refractivity contribution in [3.8, 4) is 0 Å². The van der Waals surface area contributed by atoms with Crippen molar-refractivity contribution in [3.05, 3.63) is 16.0 Å². The van der Waals surface area contributed by atoms with Crippen LogP contribution in [0.1, 0.15) is 61.8 Å². The van der Waals surface area contributed by atoms with Crippen LogP contribution in [-0.4, -0.2) is 54.7 Å². The predicted octanol–water partition coefficient (Wildman–Crippen LogP) is 3.49. The summed E-state index contributed by atoms with van der Waals surface area (Å²) in [5.74, 6) is 0.185. The molecule has 28 heavy (non-hydrogen) atoms. The summed E-state index contributed by atoms with van der Waals surface area (Å²) in [4.78, 5) is 29.0. The zero-order valence-corrected chi connectivity index (χ0v) is 18.4. The lowest BCUT2D eigenvalue weighted by Gasteiger charge is -2.38. The number of morpholine rings is 1. The Labute approximate surface area is 171 Å². The van der Waals surface area contributed by atoms with Crippen LogP contribution in [-0.2, 0) is 27.1 Å². The predicted molar refractivity (Wildman–Crippen MR) is 111 cm³/mol. The summed E-state index contributed by atoms with van der Waals surface area (Å²) >= 11 is 1.54. The number of hydrogen-bond acceptors (Lipinski definition) is 6. The third kappa shape index (κ3) is 4.58. The third-order valence-corrected chi connectivity index (χ3v) is 6.77. The van der Waals surface area contributed by atoms with Crippen LogP contribution < -0.4 is 5.32 Å². The Balaban J connectivity index is 1.80. The molecule has 0 unspecified atom stereocenters. The number of anilines is 1. The summed E-state index contributed by atoms with van der Waals surface area (Å²) in [6, 6.07) is -0.290. The molecule has 1 aromatic heterocycles. The maximum Gasteiger partial charge on any atom is 0.341 e. The molecule has 1 aliphatic carbocycles. The second-order valence-corrected chi connectivity index (χ2v) is 9.26. The van der Waals surface area contributed by atoms with E-state index in [1.807, 2.05) is 20.8 Å². The molecule has 1 aliphatic heterocycles. The van der Waals surface area contributed by atoms with Gasteiger partial charge in [0.1, 0.15) is 5.00 Å². The van der Waals surface area contributed by atoms with Crippen molar-refractivity contribution in [2.45, 2.75) is 72.1 Å². The zero-order chi connectivity index (χ0) is 20.4. The van der Waals surface area contributed by atoms with Crippen LogP contribution in [0.5, 0.6) is 0 Å². The minimum absolute atomic E-state index is 0.0847. The molecule has 156 valence electrons. The molecule has 1 aromatic rings. The van der Waals surface area contributed by atoms with Gasteiger partial charge in [0.2, 0.25) is 5.91 Å². The van der Waals surface area contributed by atoms with Gasteiger partial charge in [0.25, 0.3) is 0 Å². The first-order valence-electron chi connectivity index (χ1n) is 10.3. The summed E-state index contributed by atoms with van der Waals surface area (Å²) in [5.41, 5.74) is 1.64. The maximum atomic E-state index is 13.0. The lowest BCUT2D eigenvalue weighted by molar-refractivity contribution is -0.126. The van der Waals surface area contributed by atoms with Gasteiger partial charge in [0.15, 0.2) is 0 Å². The Bertz CT molecular complexity index is 722. The normalized spacial score (nSPS) is 26.4. The van der Waals surface area contributed by atoms with E-state index < -0.39 is 0 Å². The largest absolute Gasteiger partial charge is 0.462 e. The summed E-state index contributed by atoms with van der Waals surface area (Å²) in [6.07, 6.45) is 3.08. The summed E-state index contributed by atoms with van der Waals surface area (Å²) < 4.78 is 11.1. The molecular weight excluding hydrogens is 376 g/mol. The van der Waals surface area contributed by atoms with E-state index in [1.54, 1.807) is 6.92 Å². The van der Waals surface area contributed by atoms with Gasteiger partial charge in [-0.3, -0.25) is 9.69 Å². The molecule has 3 rings (SSSR count). The van der Waals surface area contributed by atoms with Crippen LogP contribution in [0.3, 0.4) is 0 Å². The second-order valence-electron chi connectivity index (χ2n) is 8.15. The lowest BCUT2D eigenvalue weighted by atomic mass is 9.88. The van der Waals surface area contributed by atoms with Crippen molar-refractivity contribution in [2.75, 3.05) is 25.0 Å². The number of fused-ring (bicyclic) bond motifs is 1. The molecule has 0 spiro atoms. The van der Waals surface area contributed by atoms with Gasteiger partial charge in [-0.2, -0.15) is 0 Å². The van der Waals surface area contributed by atoms with Gasteiger partial charge in [-0.25, -0.2) is 4.79 Å². The Morgan fingerprint density at radius 3 is 2.61 bits per heavy atom. The molecule has 2 aliphatic rings. The van der Waals surface area contributed by atoms with E-state index >= 15 is 0 Å². The minimum Gasteiger partial charge on any atom is -0.462 e. The molecule has 2 heterocycles. The van der Waals surface area contributed by atoms with Crippen molar-refractivity contribution in [2.24, 2.45) is 5.92 Å². The van der Waals surface area contributed by atoms with Crippen molar-refractivity contribution >= 4 is 28.2 Å². The average Bonchev–Trinajstić information content (AvgIpc) is 2.97. The van der Waals surface area contributed by atoms with Gasteiger partial charge >= 0.3 is 5.97 Å². The van der Waals surface area contributed by atoms with Crippen molar-refractivity contribution in [1.82, 2.24) is 4.90 Å². The van der Waals surface area contributed by atoms with E-state index in [1.165, 1.54) is 16.2 Å². The number of carbonyl (C=O) groups excluding carboxylic acids is 2. The summed E-state index contributed by atoms with van der Waals surface area (Å²) in [6.45, 7) is 11.8. The third-order valence-electron chi connectivity index (χ3n) is 5.60. The molecule has 1 N–H and O–H groups in total. The molecule has 1 saturated heterocycles. The Kier molecular flexibility index (Phi) is 6.78. The van der Waals surface area contributed by atoms with E-state index in [9.17, 15) is 9.59 Å². The highest BCUT2D eigenvalue weighted by Crippen LogP contribution is 2.40. The Morgan fingerprint density at radius 1 is 1.29 bits per heavy atom. The van der Waals surface area contributed by atoms with Crippen molar-refractivity contribution in [3.63, 3.8) is 0 Å². The number of ether oxygens (including phenoxy) is 2. The number of thiophene rings is 1. The number of rotatable bonds is 5. The van der Waals surface area contributed by atoms with Gasteiger partial charge in [0.05, 0.1) is 30.4 Å². The number of nitrogens with one attached hydrogen (secondary N) is 1. The van der Waals surface area contributed by atoms with Crippen LogP contribution in [0.4, 0.5) is 5.00 Å². The minimum atomic E-state index is -0.328. The van der Waals surface area contributed by atoms with E-state index in [4.69, 9.17) is 9.47 Å². The monoisotopic (exact) mass is 408 g/mol. The summed E-state index contributed by atoms with van der Waals surface area (Å²) in [5, 5.41) is 3.69. The van der Waals surface area contributed by atoms with Crippen LogP contribution in [0.2, 0.25) is 0 Å². The number of nitrogens with zero attached hydrogens (tertiary/aromatic N) is 1. The topological polar surface area (TPSA) is 67.9 Å². The first-order valence-corrected chi connectivity index (χ1v) is 11.1. The molecule has 0 saturated carbocycles. The molecule has 0 bridgehead atoms. The molecular formula is C21H32N2O4S. The number of amides is 1. The first kappa shape index (κ1) is 21.3. The molecule has 0 aromatic carbocycles. The second kappa shape index (κ2) is 8.93. The highest BCUT2D eigenvalue weighted by atomic mass is 32.1.